The van der Waals surface area contributed by atoms with Gasteiger partial charge in [0.15, 0.2) is 0 Å². The third-order valence-corrected chi connectivity index (χ3v) is 0. The minimum atomic E-state index is 0. The van der Waals surface area contributed by atoms with Gasteiger partial charge in [-0.05, 0) is 0 Å². The summed E-state index contributed by atoms with van der Waals surface area (Å²) in [6.45, 7) is 0. The SMILES string of the molecule is [SnH2].[Ti].[Ti].[Ti]. The van der Waals surface area contributed by atoms with Crippen LogP contribution in [-0.2, 0) is 65.2 Å². The van der Waals surface area contributed by atoms with Crippen molar-refractivity contribution in [2.24, 2.45) is 0 Å². The Kier molecular flexibility index (Phi) is 119. The first-order valence-corrected chi connectivity index (χ1v) is 0. The van der Waals surface area contributed by atoms with E-state index >= 15 is 0 Å². The van der Waals surface area contributed by atoms with Gasteiger partial charge in [0.2, 0.25) is 0 Å². The maximum atomic E-state index is 0. The maximum Gasteiger partial charge on any atom is 0 e. The minimum Gasteiger partial charge on any atom is 0 e. The summed E-state index contributed by atoms with van der Waals surface area (Å²) in [4.78, 5) is 0. The van der Waals surface area contributed by atoms with Gasteiger partial charge in [0.1, 0.15) is 0 Å². The molecule has 0 aliphatic carbocycles. The number of hydrogen-bond acceptors (Lipinski definition) is 0. The minimum absolute atomic E-state index is 0. The molecule has 0 aromatic heterocycles. The van der Waals surface area contributed by atoms with E-state index in [-0.39, 0.29) is 89.1 Å². The first-order valence-electron chi connectivity index (χ1n) is 0. The van der Waals surface area contributed by atoms with E-state index in [4.69, 9.17) is 0 Å². The molecule has 0 N–H and O–H groups in total. The Labute approximate surface area is 87.5 Å². The van der Waals surface area contributed by atoms with Crippen LogP contribution in [0.4, 0.5) is 0 Å². The second-order valence-electron chi connectivity index (χ2n) is 0. The molecule has 4 heteroatoms. The summed E-state index contributed by atoms with van der Waals surface area (Å²) in [5.74, 6) is 0. The van der Waals surface area contributed by atoms with Crippen LogP contribution < -0.4 is 0 Å². The van der Waals surface area contributed by atoms with Crippen molar-refractivity contribution < 1.29 is 65.2 Å². The Bertz CT molecular complexity index is 3.25. The van der Waals surface area contributed by atoms with Gasteiger partial charge in [-0.2, -0.15) is 0 Å². The van der Waals surface area contributed by atoms with E-state index in [1.165, 1.54) is 0 Å². The summed E-state index contributed by atoms with van der Waals surface area (Å²) >= 11 is 0. The maximum absolute atomic E-state index is 0. The molecule has 0 saturated heterocycles. The zero-order chi connectivity index (χ0) is 0. The van der Waals surface area contributed by atoms with Crippen LogP contribution in [-0.4, -0.2) is 23.9 Å². The molecule has 0 saturated carbocycles. The molecule has 0 nitrogen and oxygen atoms in total. The number of rotatable bonds is 0. The molecule has 0 bridgehead atoms. The number of hydrogen-bond donors (Lipinski definition) is 0. The van der Waals surface area contributed by atoms with Crippen LogP contribution in [0.2, 0.25) is 0 Å². The van der Waals surface area contributed by atoms with Crippen LogP contribution in [0.5, 0.6) is 0 Å². The van der Waals surface area contributed by atoms with Crippen molar-refractivity contribution in [2.45, 2.75) is 0 Å². The molecule has 0 spiro atoms. The molecule has 18 valence electrons. The van der Waals surface area contributed by atoms with Crippen molar-refractivity contribution in [3.63, 3.8) is 0 Å². The fourth-order valence-electron chi connectivity index (χ4n) is 0. The molecule has 0 aromatic carbocycles. The summed E-state index contributed by atoms with van der Waals surface area (Å²) in [5.41, 5.74) is 0. The van der Waals surface area contributed by atoms with Crippen LogP contribution >= 0.6 is 0 Å². The van der Waals surface area contributed by atoms with Crippen LogP contribution in [0.3, 0.4) is 0 Å². The third-order valence-electron chi connectivity index (χ3n) is 0. The summed E-state index contributed by atoms with van der Waals surface area (Å²) < 4.78 is 0. The summed E-state index contributed by atoms with van der Waals surface area (Å²) in [5, 5.41) is 0. The van der Waals surface area contributed by atoms with Gasteiger partial charge in [-0.1, -0.05) is 0 Å². The first-order chi connectivity index (χ1) is 0. The molecule has 2 radical (unpaired) electrons. The second-order valence-corrected chi connectivity index (χ2v) is 0. The van der Waals surface area contributed by atoms with E-state index in [9.17, 15) is 0 Å². The van der Waals surface area contributed by atoms with Gasteiger partial charge in [0.25, 0.3) is 0 Å². The molecular formula is H2SnTi3. The van der Waals surface area contributed by atoms with E-state index in [0.29, 0.717) is 0 Å². The van der Waals surface area contributed by atoms with Gasteiger partial charge in [0.05, 0.1) is 0 Å². The van der Waals surface area contributed by atoms with Gasteiger partial charge in [0, 0.05) is 65.2 Å². The molecule has 0 heterocycles. The summed E-state index contributed by atoms with van der Waals surface area (Å²) in [6.07, 6.45) is 0. The van der Waals surface area contributed by atoms with Gasteiger partial charge in [-0.15, -0.1) is 0 Å². The average molecular weight is 264 g/mol. The van der Waals surface area contributed by atoms with Gasteiger partial charge < -0.3 is 0 Å². The fourth-order valence-corrected chi connectivity index (χ4v) is 0. The van der Waals surface area contributed by atoms with Gasteiger partial charge in [-0.25, -0.2) is 0 Å². The Hall–Kier alpha value is 2.94. The van der Waals surface area contributed by atoms with E-state index < -0.39 is 0 Å². The normalized spacial score (nSPS) is 0. The van der Waals surface area contributed by atoms with E-state index in [1.807, 2.05) is 0 Å². The van der Waals surface area contributed by atoms with E-state index in [1.54, 1.807) is 0 Å². The van der Waals surface area contributed by atoms with Gasteiger partial charge in [-0.3, -0.25) is 0 Å². The van der Waals surface area contributed by atoms with Crippen LogP contribution in [0, 0.1) is 0 Å². The Balaban J connectivity index is 0. The Morgan fingerprint density at radius 1 is 0.500 bits per heavy atom. The summed E-state index contributed by atoms with van der Waals surface area (Å²) in [7, 11) is 0. The average Bonchev–Trinajstić information content (AvgIpc) is 0. The molecule has 0 fully saturated rings. The molecule has 0 aliphatic rings. The first kappa shape index (κ1) is 28.3. The predicted octanol–water partition coefficient (Wildman–Crippen LogP) is -0.924. The Morgan fingerprint density at radius 3 is 0.500 bits per heavy atom. The molecule has 0 atom stereocenters. The van der Waals surface area contributed by atoms with Crippen molar-refractivity contribution in [2.75, 3.05) is 0 Å². The van der Waals surface area contributed by atoms with Crippen molar-refractivity contribution in [3.8, 4) is 0 Å². The van der Waals surface area contributed by atoms with Crippen LogP contribution in [0.1, 0.15) is 0 Å². The van der Waals surface area contributed by atoms with Crippen LogP contribution in [0.15, 0.2) is 0 Å². The molecule has 4 heavy (non-hydrogen) atoms. The van der Waals surface area contributed by atoms with Gasteiger partial charge >= 0.3 is 23.9 Å². The van der Waals surface area contributed by atoms with Crippen molar-refractivity contribution in [1.29, 1.82) is 0 Å². The predicted molar refractivity (Wildman–Crippen MR) is 8.54 cm³/mol. The third kappa shape index (κ3) is 8.87. The zero-order valence-corrected chi connectivity index (χ0v) is 10.9. The zero-order valence-electron chi connectivity index (χ0n) is 2.21. The van der Waals surface area contributed by atoms with E-state index in [0.717, 1.165) is 0 Å². The quantitative estimate of drug-likeness (QED) is 0.496. The monoisotopic (exact) mass is 266 g/mol. The Morgan fingerprint density at radius 2 is 0.500 bits per heavy atom. The molecule has 0 aromatic rings. The largest absolute Gasteiger partial charge is 0 e. The van der Waals surface area contributed by atoms with Crippen molar-refractivity contribution in [3.05, 3.63) is 0 Å². The van der Waals surface area contributed by atoms with E-state index in [2.05, 4.69) is 0 Å². The van der Waals surface area contributed by atoms with Crippen molar-refractivity contribution >= 4 is 23.9 Å². The molecule has 0 amide bonds. The molecule has 0 aliphatic heterocycles. The summed E-state index contributed by atoms with van der Waals surface area (Å²) in [6, 6.07) is 0. The molecule has 0 unspecified atom stereocenters. The molecule has 0 rings (SSSR count). The standard InChI is InChI=1S/Sn.3Ti.2H. The van der Waals surface area contributed by atoms with Crippen LogP contribution in [0.25, 0.3) is 0 Å². The second kappa shape index (κ2) is 16.8. The topological polar surface area (TPSA) is 0 Å². The molecular weight excluding hydrogens is 262 g/mol. The fraction of sp³-hybridized carbons (Fsp3) is 0. The van der Waals surface area contributed by atoms with Crippen molar-refractivity contribution in [1.82, 2.24) is 0 Å². The smallest absolute Gasteiger partial charge is 0 e.